The number of hydrogen-bond donors (Lipinski definition) is 1. The predicted octanol–water partition coefficient (Wildman–Crippen LogP) is 3.52. The van der Waals surface area contributed by atoms with Gasteiger partial charge in [0.1, 0.15) is 6.54 Å². The Hall–Kier alpha value is -3.25. The molecular weight excluding hydrogens is 426 g/mol. The maximum Gasteiger partial charge on any atom is 0.240 e. The number of fused-ring (bicyclic) bond motifs is 1. The summed E-state index contributed by atoms with van der Waals surface area (Å²) < 4.78 is 0. The van der Waals surface area contributed by atoms with Gasteiger partial charge in [0.15, 0.2) is 0 Å². The number of nitrogens with one attached hydrogen (secondary N) is 1. The number of carbonyl (C=O) groups excluding carboxylic acids is 3. The van der Waals surface area contributed by atoms with Crippen LogP contribution >= 0.6 is 0 Å². The zero-order valence-electron chi connectivity index (χ0n) is 19.4. The molecule has 0 radical (unpaired) electrons. The molecule has 0 unspecified atom stereocenters. The van der Waals surface area contributed by atoms with Gasteiger partial charge in [0.25, 0.3) is 0 Å². The number of hydrogen-bond acceptors (Lipinski definition) is 4. The number of rotatable bonds is 7. The zero-order valence-corrected chi connectivity index (χ0v) is 19.4. The molecular formula is C28H31N3O3. The standard InChI is InChI=1S/C28H31N3O3/c32-26(19-31-27(33)24-9-3-4-10-25(24)28(31)34)29-17-22-7-1-2-8-23(22)21-13-11-20(12-14-21)18-30-15-5-6-16-30/h1-4,7-8,11-14,24-25H,5-6,9-10,15-19H2,(H,29,32)/t24-,25-/m0/s1. The van der Waals surface area contributed by atoms with Gasteiger partial charge in [-0.2, -0.15) is 0 Å². The van der Waals surface area contributed by atoms with Crippen LogP contribution in [-0.4, -0.2) is 47.2 Å². The molecule has 0 spiro atoms. The van der Waals surface area contributed by atoms with Gasteiger partial charge in [-0.3, -0.25) is 24.2 Å². The highest BCUT2D eigenvalue weighted by Gasteiger charge is 2.47. The average molecular weight is 458 g/mol. The molecule has 6 heteroatoms. The van der Waals surface area contributed by atoms with Gasteiger partial charge in [-0.1, -0.05) is 60.7 Å². The summed E-state index contributed by atoms with van der Waals surface area (Å²) in [5.41, 5.74) is 4.49. The molecule has 2 saturated heterocycles. The lowest BCUT2D eigenvalue weighted by molar-refractivity contribution is -0.143. The minimum absolute atomic E-state index is 0.210. The van der Waals surface area contributed by atoms with E-state index in [0.717, 1.165) is 28.1 Å². The van der Waals surface area contributed by atoms with Crippen LogP contribution in [0.3, 0.4) is 0 Å². The Morgan fingerprint density at radius 3 is 2.21 bits per heavy atom. The third-order valence-electron chi connectivity index (χ3n) is 7.26. The second kappa shape index (κ2) is 9.94. The quantitative estimate of drug-likeness (QED) is 0.510. The van der Waals surface area contributed by atoms with Gasteiger partial charge >= 0.3 is 0 Å². The summed E-state index contributed by atoms with van der Waals surface area (Å²) in [6, 6.07) is 16.7. The van der Waals surface area contributed by atoms with Crippen LogP contribution in [0.2, 0.25) is 0 Å². The zero-order chi connectivity index (χ0) is 23.5. The first-order valence-electron chi connectivity index (χ1n) is 12.3. The number of allylic oxidation sites excluding steroid dienone is 2. The maximum atomic E-state index is 12.6. The third-order valence-corrected chi connectivity index (χ3v) is 7.26. The first-order chi connectivity index (χ1) is 16.6. The maximum absolute atomic E-state index is 12.6. The lowest BCUT2D eigenvalue weighted by Gasteiger charge is -2.16. The molecule has 6 nitrogen and oxygen atoms in total. The molecule has 2 aliphatic heterocycles. The lowest BCUT2D eigenvalue weighted by Crippen LogP contribution is -2.40. The Kier molecular flexibility index (Phi) is 6.59. The van der Waals surface area contributed by atoms with Crippen molar-refractivity contribution >= 4 is 17.7 Å². The summed E-state index contributed by atoms with van der Waals surface area (Å²) in [5, 5.41) is 2.91. The molecule has 2 heterocycles. The normalized spacial score (nSPS) is 22.3. The Balaban J connectivity index is 1.21. The van der Waals surface area contributed by atoms with E-state index in [9.17, 15) is 14.4 Å². The number of benzene rings is 2. The highest BCUT2D eigenvalue weighted by atomic mass is 16.2. The van der Waals surface area contributed by atoms with Crippen LogP contribution in [0.4, 0.5) is 0 Å². The van der Waals surface area contributed by atoms with Crippen LogP contribution in [0.1, 0.15) is 36.8 Å². The Morgan fingerprint density at radius 2 is 1.53 bits per heavy atom. The molecule has 2 aromatic carbocycles. The Labute approximate surface area is 200 Å². The summed E-state index contributed by atoms with van der Waals surface area (Å²) in [6.07, 6.45) is 7.64. The SMILES string of the molecule is O=C(CN1C(=O)[C@H]2CC=CC[C@@H]2C1=O)NCc1ccccc1-c1ccc(CN2CCCC2)cc1. The summed E-state index contributed by atoms with van der Waals surface area (Å²) in [7, 11) is 0. The number of likely N-dealkylation sites (tertiary alicyclic amines) is 2. The van der Waals surface area contributed by atoms with Crippen molar-refractivity contribution in [3.63, 3.8) is 0 Å². The van der Waals surface area contributed by atoms with Crippen molar-refractivity contribution in [2.24, 2.45) is 11.8 Å². The molecule has 1 N–H and O–H groups in total. The average Bonchev–Trinajstić information content (AvgIpc) is 3.46. The number of nitrogens with zero attached hydrogens (tertiary/aromatic N) is 2. The van der Waals surface area contributed by atoms with E-state index in [1.165, 1.54) is 31.5 Å². The predicted molar refractivity (Wildman–Crippen MR) is 130 cm³/mol. The Morgan fingerprint density at radius 1 is 0.882 bits per heavy atom. The molecule has 5 rings (SSSR count). The third kappa shape index (κ3) is 4.68. The lowest BCUT2D eigenvalue weighted by atomic mass is 9.85. The largest absolute Gasteiger partial charge is 0.350 e. The molecule has 2 aromatic rings. The summed E-state index contributed by atoms with van der Waals surface area (Å²) in [5.74, 6) is -1.36. The van der Waals surface area contributed by atoms with Crippen molar-refractivity contribution in [1.29, 1.82) is 0 Å². The van der Waals surface area contributed by atoms with E-state index in [1.54, 1.807) is 0 Å². The summed E-state index contributed by atoms with van der Waals surface area (Å²) in [6.45, 7) is 3.48. The second-order valence-electron chi connectivity index (χ2n) is 9.53. The molecule has 3 aliphatic rings. The van der Waals surface area contributed by atoms with Gasteiger partial charge in [-0.05, 0) is 61.0 Å². The molecule has 0 saturated carbocycles. The van der Waals surface area contributed by atoms with Crippen LogP contribution in [-0.2, 0) is 27.5 Å². The van der Waals surface area contributed by atoms with Crippen LogP contribution in [0.15, 0.2) is 60.7 Å². The first-order valence-corrected chi connectivity index (χ1v) is 12.3. The summed E-state index contributed by atoms with van der Waals surface area (Å²) >= 11 is 0. The van der Waals surface area contributed by atoms with Crippen molar-refractivity contribution in [1.82, 2.24) is 15.1 Å². The molecule has 1 aliphatic carbocycles. The van der Waals surface area contributed by atoms with Gasteiger partial charge in [0.05, 0.1) is 11.8 Å². The monoisotopic (exact) mass is 457 g/mol. The van der Waals surface area contributed by atoms with E-state index in [0.29, 0.717) is 19.4 Å². The van der Waals surface area contributed by atoms with E-state index < -0.39 is 0 Å². The van der Waals surface area contributed by atoms with E-state index in [-0.39, 0.29) is 36.1 Å². The van der Waals surface area contributed by atoms with E-state index in [4.69, 9.17) is 0 Å². The van der Waals surface area contributed by atoms with Gasteiger partial charge in [0, 0.05) is 13.1 Å². The Bertz CT molecular complexity index is 1080. The fraction of sp³-hybridized carbons (Fsp3) is 0.393. The fourth-order valence-electron chi connectivity index (χ4n) is 5.36. The van der Waals surface area contributed by atoms with Gasteiger partial charge < -0.3 is 5.32 Å². The number of carbonyl (C=O) groups is 3. The first kappa shape index (κ1) is 22.5. The van der Waals surface area contributed by atoms with Crippen LogP contribution in [0, 0.1) is 11.8 Å². The fourth-order valence-corrected chi connectivity index (χ4v) is 5.36. The molecule has 34 heavy (non-hydrogen) atoms. The van der Waals surface area contributed by atoms with Gasteiger partial charge in [0.2, 0.25) is 17.7 Å². The van der Waals surface area contributed by atoms with Crippen molar-refractivity contribution in [3.8, 4) is 11.1 Å². The topological polar surface area (TPSA) is 69.7 Å². The van der Waals surface area contributed by atoms with Crippen LogP contribution < -0.4 is 5.32 Å². The molecule has 3 amide bonds. The number of amides is 3. The smallest absolute Gasteiger partial charge is 0.240 e. The van der Waals surface area contributed by atoms with E-state index in [1.807, 2.05) is 30.4 Å². The van der Waals surface area contributed by atoms with Crippen LogP contribution in [0.5, 0.6) is 0 Å². The van der Waals surface area contributed by atoms with Crippen molar-refractivity contribution in [2.45, 2.75) is 38.8 Å². The minimum Gasteiger partial charge on any atom is -0.350 e. The van der Waals surface area contributed by atoms with Gasteiger partial charge in [-0.15, -0.1) is 0 Å². The molecule has 2 fully saturated rings. The van der Waals surface area contributed by atoms with Crippen molar-refractivity contribution < 1.29 is 14.4 Å². The highest BCUT2D eigenvalue weighted by molar-refractivity contribution is 6.07. The minimum atomic E-state index is -0.316. The molecule has 0 aromatic heterocycles. The van der Waals surface area contributed by atoms with E-state index in [2.05, 4.69) is 40.5 Å². The number of imide groups is 1. The van der Waals surface area contributed by atoms with Crippen molar-refractivity contribution in [3.05, 3.63) is 71.8 Å². The van der Waals surface area contributed by atoms with Crippen molar-refractivity contribution in [2.75, 3.05) is 19.6 Å². The molecule has 2 atom stereocenters. The summed E-state index contributed by atoms with van der Waals surface area (Å²) in [4.78, 5) is 41.5. The van der Waals surface area contributed by atoms with Gasteiger partial charge in [-0.25, -0.2) is 0 Å². The second-order valence-corrected chi connectivity index (χ2v) is 9.53. The molecule has 176 valence electrons. The van der Waals surface area contributed by atoms with Crippen LogP contribution in [0.25, 0.3) is 11.1 Å². The van der Waals surface area contributed by atoms with E-state index >= 15 is 0 Å². The molecule has 0 bridgehead atoms. The highest BCUT2D eigenvalue weighted by Crippen LogP contribution is 2.34.